The number of aromatic carboxylic acids is 1. The van der Waals surface area contributed by atoms with Crippen LogP contribution in [0.1, 0.15) is 49.9 Å². The van der Waals surface area contributed by atoms with Gasteiger partial charge in [-0.05, 0) is 30.5 Å². The van der Waals surface area contributed by atoms with Crippen LogP contribution in [0.25, 0.3) is 0 Å². The quantitative estimate of drug-likeness (QED) is 0.627. The molecule has 4 N–H and O–H groups in total. The summed E-state index contributed by atoms with van der Waals surface area (Å²) in [5, 5.41) is 12.3. The maximum Gasteiger partial charge on any atom is 0.337 e. The first-order valence-electron chi connectivity index (χ1n) is 6.95. The molecule has 0 saturated carbocycles. The summed E-state index contributed by atoms with van der Waals surface area (Å²) in [4.78, 5) is 11.0. The molecule has 0 spiro atoms. The first-order valence-corrected chi connectivity index (χ1v) is 6.95. The number of carboxylic acid groups (broad SMARTS) is 1. The van der Waals surface area contributed by atoms with Crippen molar-refractivity contribution in [3.05, 3.63) is 23.8 Å². The molecule has 0 aliphatic carbocycles. The molecular weight excluding hydrogens is 240 g/mol. The van der Waals surface area contributed by atoms with Crippen molar-refractivity contribution in [2.24, 2.45) is 5.92 Å². The van der Waals surface area contributed by atoms with Gasteiger partial charge in [-0.2, -0.15) is 0 Å². The monoisotopic (exact) mass is 264 g/mol. The predicted molar refractivity (Wildman–Crippen MR) is 79.6 cm³/mol. The summed E-state index contributed by atoms with van der Waals surface area (Å²) in [5.74, 6) is -0.357. The first kappa shape index (κ1) is 15.3. The van der Waals surface area contributed by atoms with E-state index in [-0.39, 0.29) is 5.56 Å². The number of hydrogen-bond acceptors (Lipinski definition) is 3. The number of rotatable bonds is 8. The fourth-order valence-corrected chi connectivity index (χ4v) is 2.06. The second-order valence-corrected chi connectivity index (χ2v) is 4.90. The molecule has 19 heavy (non-hydrogen) atoms. The molecule has 0 bridgehead atoms. The average Bonchev–Trinajstić information content (AvgIpc) is 2.40. The van der Waals surface area contributed by atoms with Crippen molar-refractivity contribution < 1.29 is 9.90 Å². The van der Waals surface area contributed by atoms with Crippen molar-refractivity contribution in [1.82, 2.24) is 0 Å². The zero-order valence-electron chi connectivity index (χ0n) is 11.8. The third-order valence-corrected chi connectivity index (χ3v) is 3.42. The van der Waals surface area contributed by atoms with Gasteiger partial charge in [0, 0.05) is 17.9 Å². The predicted octanol–water partition coefficient (Wildman–Crippen LogP) is 3.60. The minimum Gasteiger partial charge on any atom is -0.478 e. The van der Waals surface area contributed by atoms with Crippen molar-refractivity contribution in [1.29, 1.82) is 0 Å². The standard InChI is InChI=1S/C15H24N2O2/c1-3-5-6-11(4-2)10-17-12-7-8-14(16)13(9-12)15(18)19/h7-9,11,17H,3-6,10,16H2,1-2H3,(H,18,19). The van der Waals surface area contributed by atoms with Gasteiger partial charge in [-0.25, -0.2) is 4.79 Å². The molecule has 4 heteroatoms. The molecule has 4 nitrogen and oxygen atoms in total. The maximum absolute atomic E-state index is 11.0. The molecule has 1 aromatic carbocycles. The molecule has 0 aliphatic heterocycles. The van der Waals surface area contributed by atoms with E-state index >= 15 is 0 Å². The summed E-state index contributed by atoms with van der Waals surface area (Å²) >= 11 is 0. The molecule has 0 radical (unpaired) electrons. The van der Waals surface area contributed by atoms with Gasteiger partial charge >= 0.3 is 5.97 Å². The molecule has 0 saturated heterocycles. The average molecular weight is 264 g/mol. The fourth-order valence-electron chi connectivity index (χ4n) is 2.06. The van der Waals surface area contributed by atoms with Gasteiger partial charge < -0.3 is 16.2 Å². The van der Waals surface area contributed by atoms with Crippen LogP contribution in [0.4, 0.5) is 11.4 Å². The van der Waals surface area contributed by atoms with Gasteiger partial charge in [-0.3, -0.25) is 0 Å². The van der Waals surface area contributed by atoms with Crippen LogP contribution in [0.2, 0.25) is 0 Å². The van der Waals surface area contributed by atoms with Crippen molar-refractivity contribution in [3.63, 3.8) is 0 Å². The Hall–Kier alpha value is -1.71. The number of nitrogens with two attached hydrogens (primary N) is 1. The number of nitrogens with one attached hydrogen (secondary N) is 1. The molecule has 0 fully saturated rings. The summed E-state index contributed by atoms with van der Waals surface area (Å²) in [7, 11) is 0. The summed E-state index contributed by atoms with van der Waals surface area (Å²) in [5.41, 5.74) is 6.91. The highest BCUT2D eigenvalue weighted by atomic mass is 16.4. The maximum atomic E-state index is 11.0. The molecule has 1 atom stereocenters. The van der Waals surface area contributed by atoms with E-state index in [9.17, 15) is 4.79 Å². The number of carboxylic acids is 1. The van der Waals surface area contributed by atoms with Crippen LogP contribution < -0.4 is 11.1 Å². The van der Waals surface area contributed by atoms with E-state index in [0.29, 0.717) is 11.6 Å². The van der Waals surface area contributed by atoms with Gasteiger partial charge in [0.2, 0.25) is 0 Å². The van der Waals surface area contributed by atoms with Crippen molar-refractivity contribution in [2.45, 2.75) is 39.5 Å². The van der Waals surface area contributed by atoms with Gasteiger partial charge in [0.15, 0.2) is 0 Å². The van der Waals surface area contributed by atoms with Crippen LogP contribution >= 0.6 is 0 Å². The highest BCUT2D eigenvalue weighted by Gasteiger charge is 2.10. The minimum absolute atomic E-state index is 0.159. The second kappa shape index (κ2) is 7.67. The van der Waals surface area contributed by atoms with Crippen molar-refractivity contribution in [2.75, 3.05) is 17.6 Å². The minimum atomic E-state index is -0.987. The van der Waals surface area contributed by atoms with Gasteiger partial charge in [0.25, 0.3) is 0 Å². The third kappa shape index (κ3) is 4.81. The van der Waals surface area contributed by atoms with E-state index in [1.807, 2.05) is 6.07 Å². The number of benzene rings is 1. The molecule has 0 aromatic heterocycles. The summed E-state index contributed by atoms with van der Waals surface area (Å²) < 4.78 is 0. The lowest BCUT2D eigenvalue weighted by molar-refractivity contribution is 0.0698. The molecule has 1 rings (SSSR count). The smallest absolute Gasteiger partial charge is 0.337 e. The highest BCUT2D eigenvalue weighted by Crippen LogP contribution is 2.19. The Morgan fingerprint density at radius 1 is 1.42 bits per heavy atom. The molecule has 0 amide bonds. The number of carbonyl (C=O) groups is 1. The van der Waals surface area contributed by atoms with Crippen LogP contribution in [-0.4, -0.2) is 17.6 Å². The third-order valence-electron chi connectivity index (χ3n) is 3.42. The number of nitrogen functional groups attached to an aromatic ring is 1. The van der Waals surface area contributed by atoms with E-state index < -0.39 is 5.97 Å². The molecule has 1 unspecified atom stereocenters. The topological polar surface area (TPSA) is 75.3 Å². The SMILES string of the molecule is CCCCC(CC)CNc1ccc(N)c(C(=O)O)c1. The van der Waals surface area contributed by atoms with E-state index in [2.05, 4.69) is 19.2 Å². The van der Waals surface area contributed by atoms with Crippen LogP contribution in [0.3, 0.4) is 0 Å². The van der Waals surface area contributed by atoms with Crippen LogP contribution in [0, 0.1) is 5.92 Å². The van der Waals surface area contributed by atoms with E-state index in [0.717, 1.165) is 18.7 Å². The lowest BCUT2D eigenvalue weighted by Gasteiger charge is -2.16. The zero-order chi connectivity index (χ0) is 14.3. The normalized spacial score (nSPS) is 12.1. The molecule has 0 aliphatic rings. The number of anilines is 2. The Morgan fingerprint density at radius 2 is 2.16 bits per heavy atom. The van der Waals surface area contributed by atoms with Crippen molar-refractivity contribution >= 4 is 17.3 Å². The number of unbranched alkanes of at least 4 members (excludes halogenated alkanes) is 1. The van der Waals surface area contributed by atoms with Gasteiger partial charge in [0.05, 0.1) is 5.56 Å². The second-order valence-electron chi connectivity index (χ2n) is 4.90. The Morgan fingerprint density at radius 3 is 2.74 bits per heavy atom. The Labute approximate surface area is 115 Å². The lowest BCUT2D eigenvalue weighted by atomic mass is 9.99. The van der Waals surface area contributed by atoms with Gasteiger partial charge in [-0.15, -0.1) is 0 Å². The molecule has 0 heterocycles. The molecular formula is C15H24N2O2. The zero-order valence-corrected chi connectivity index (χ0v) is 11.8. The fraction of sp³-hybridized carbons (Fsp3) is 0.533. The summed E-state index contributed by atoms with van der Waals surface area (Å²) in [6, 6.07) is 5.07. The molecule has 106 valence electrons. The Bertz CT molecular complexity index is 419. The van der Waals surface area contributed by atoms with E-state index in [1.54, 1.807) is 12.1 Å². The highest BCUT2D eigenvalue weighted by molar-refractivity contribution is 5.94. The van der Waals surface area contributed by atoms with Crippen LogP contribution in [0.15, 0.2) is 18.2 Å². The van der Waals surface area contributed by atoms with Crippen molar-refractivity contribution in [3.8, 4) is 0 Å². The van der Waals surface area contributed by atoms with Gasteiger partial charge in [-0.1, -0.05) is 33.1 Å². The van der Waals surface area contributed by atoms with Gasteiger partial charge in [0.1, 0.15) is 0 Å². The summed E-state index contributed by atoms with van der Waals surface area (Å²) in [6.45, 7) is 5.26. The van der Waals surface area contributed by atoms with E-state index in [1.165, 1.54) is 19.3 Å². The first-order chi connectivity index (χ1) is 9.08. The summed E-state index contributed by atoms with van der Waals surface area (Å²) in [6.07, 6.45) is 4.79. The number of hydrogen-bond donors (Lipinski definition) is 3. The largest absolute Gasteiger partial charge is 0.478 e. The Kier molecular flexibility index (Phi) is 6.19. The Balaban J connectivity index is 2.61. The lowest BCUT2D eigenvalue weighted by Crippen LogP contribution is -2.14. The molecule has 1 aromatic rings. The van der Waals surface area contributed by atoms with E-state index in [4.69, 9.17) is 10.8 Å². The van der Waals surface area contributed by atoms with Crippen LogP contribution in [-0.2, 0) is 0 Å². The van der Waals surface area contributed by atoms with Crippen LogP contribution in [0.5, 0.6) is 0 Å².